The van der Waals surface area contributed by atoms with Gasteiger partial charge in [-0.05, 0) is 64.9 Å². The van der Waals surface area contributed by atoms with Gasteiger partial charge in [0.2, 0.25) is 0 Å². The third-order valence-corrected chi connectivity index (χ3v) is 5.75. The maximum absolute atomic E-state index is 10.3. The van der Waals surface area contributed by atoms with Gasteiger partial charge in [-0.2, -0.15) is 0 Å². The van der Waals surface area contributed by atoms with E-state index in [0.717, 1.165) is 20.4 Å². The minimum absolute atomic E-state index is 0.282. The number of aryl methyl sites for hydroxylation is 1. The second kappa shape index (κ2) is 6.63. The molecule has 24 heavy (non-hydrogen) atoms. The number of aromatic nitrogens is 1. The van der Waals surface area contributed by atoms with E-state index in [1.807, 2.05) is 30.3 Å². The van der Waals surface area contributed by atoms with Crippen molar-refractivity contribution >= 4 is 44.9 Å². The van der Waals surface area contributed by atoms with Crippen LogP contribution in [0.15, 0.2) is 57.9 Å². The van der Waals surface area contributed by atoms with E-state index in [0.29, 0.717) is 10.7 Å². The van der Waals surface area contributed by atoms with Gasteiger partial charge in [0.15, 0.2) is 5.82 Å². The molecular weight excluding hydrogens is 441 g/mol. The molecule has 5 N–H and O–H groups in total. The normalized spacial score (nSPS) is 12.2. The lowest BCUT2D eigenvalue weighted by atomic mass is 10.1. The highest BCUT2D eigenvalue weighted by molar-refractivity contribution is 14.1. The summed E-state index contributed by atoms with van der Waals surface area (Å²) < 4.78 is 29.1. The molecule has 3 rings (SSSR count). The first-order valence-corrected chi connectivity index (χ1v) is 9.62. The molecule has 0 amide bonds. The Balaban J connectivity index is 1.83. The molecule has 0 spiro atoms. The highest BCUT2D eigenvalue weighted by atomic mass is 127. The maximum atomic E-state index is 10.3. The summed E-state index contributed by atoms with van der Waals surface area (Å²) in [6.07, 6.45) is 0. The molecule has 0 saturated carbocycles. The SMILES string of the molecule is Cc1cc(NS(O)(O)c2ccc(-c3ccc(N)c(I)c3)cc2)no1. The molecule has 1 heterocycles. The largest absolute Gasteiger partial charge is 0.398 e. The molecular formula is C16H16IN3O3S. The highest BCUT2D eigenvalue weighted by Gasteiger charge is 2.17. The van der Waals surface area contributed by atoms with Crippen molar-refractivity contribution in [2.24, 2.45) is 0 Å². The lowest BCUT2D eigenvalue weighted by molar-refractivity contribution is 0.399. The van der Waals surface area contributed by atoms with Gasteiger partial charge in [-0.15, -0.1) is 0 Å². The summed E-state index contributed by atoms with van der Waals surface area (Å²) >= 11 is 2.18. The topological polar surface area (TPSA) is 105 Å². The number of nitrogens with one attached hydrogen (secondary N) is 1. The van der Waals surface area contributed by atoms with Crippen LogP contribution in [0.4, 0.5) is 11.5 Å². The van der Waals surface area contributed by atoms with Crippen LogP contribution in [0.3, 0.4) is 0 Å². The molecule has 126 valence electrons. The van der Waals surface area contributed by atoms with E-state index in [4.69, 9.17) is 10.3 Å². The Labute approximate surface area is 154 Å². The fraction of sp³-hybridized carbons (Fsp3) is 0.0625. The molecule has 0 aliphatic rings. The summed E-state index contributed by atoms with van der Waals surface area (Å²) in [7, 11) is -3.21. The maximum Gasteiger partial charge on any atom is 0.187 e. The van der Waals surface area contributed by atoms with Crippen molar-refractivity contribution in [1.82, 2.24) is 5.16 Å². The van der Waals surface area contributed by atoms with E-state index in [1.54, 1.807) is 25.1 Å². The van der Waals surface area contributed by atoms with E-state index in [2.05, 4.69) is 32.5 Å². The number of benzene rings is 2. The monoisotopic (exact) mass is 457 g/mol. The number of nitrogens with two attached hydrogens (primary N) is 1. The van der Waals surface area contributed by atoms with E-state index >= 15 is 0 Å². The van der Waals surface area contributed by atoms with Crippen LogP contribution in [0.5, 0.6) is 0 Å². The van der Waals surface area contributed by atoms with Gasteiger partial charge in [-0.3, -0.25) is 13.8 Å². The standard InChI is InChI=1S/C16H16IN3O3S/c1-10-8-16(19-23-10)20-24(21,22)13-5-2-11(3-6-13)12-4-7-15(18)14(17)9-12/h2-9,21-22H,18H2,1H3,(H,19,20). The molecule has 0 radical (unpaired) electrons. The van der Waals surface area contributed by atoms with Gasteiger partial charge in [-0.25, -0.2) is 0 Å². The Bertz CT molecular complexity index is 865. The summed E-state index contributed by atoms with van der Waals surface area (Å²) in [4.78, 5) is 0.372. The van der Waals surface area contributed by atoms with Crippen molar-refractivity contribution in [2.75, 3.05) is 10.5 Å². The van der Waals surface area contributed by atoms with Crippen LogP contribution in [0, 0.1) is 10.5 Å². The molecule has 1 aromatic heterocycles. The van der Waals surface area contributed by atoms with E-state index in [9.17, 15) is 9.11 Å². The summed E-state index contributed by atoms with van der Waals surface area (Å²) in [6, 6.07) is 14.4. The Morgan fingerprint density at radius 2 is 1.75 bits per heavy atom. The van der Waals surface area contributed by atoms with Crippen LogP contribution in [0.1, 0.15) is 5.76 Å². The Hall–Kier alpha value is -1.75. The van der Waals surface area contributed by atoms with Gasteiger partial charge >= 0.3 is 0 Å². The lowest BCUT2D eigenvalue weighted by Gasteiger charge is -2.32. The van der Waals surface area contributed by atoms with E-state index in [-0.39, 0.29) is 5.82 Å². The van der Waals surface area contributed by atoms with Gasteiger partial charge < -0.3 is 10.3 Å². The molecule has 2 aromatic carbocycles. The van der Waals surface area contributed by atoms with Crippen molar-refractivity contribution in [3.63, 3.8) is 0 Å². The van der Waals surface area contributed by atoms with Gasteiger partial charge in [0.25, 0.3) is 0 Å². The van der Waals surface area contributed by atoms with Crippen molar-refractivity contribution < 1.29 is 13.6 Å². The van der Waals surface area contributed by atoms with Crippen LogP contribution in [0.2, 0.25) is 0 Å². The number of hydrogen-bond donors (Lipinski definition) is 4. The zero-order valence-electron chi connectivity index (χ0n) is 12.7. The Morgan fingerprint density at radius 3 is 2.33 bits per heavy atom. The van der Waals surface area contributed by atoms with Gasteiger partial charge in [-0.1, -0.05) is 34.1 Å². The molecule has 8 heteroatoms. The van der Waals surface area contributed by atoms with Gasteiger partial charge in [0.05, 0.1) is 4.90 Å². The molecule has 3 aromatic rings. The number of rotatable bonds is 4. The zero-order valence-corrected chi connectivity index (χ0v) is 15.7. The van der Waals surface area contributed by atoms with Crippen LogP contribution in [-0.4, -0.2) is 14.3 Å². The molecule has 0 saturated heterocycles. The second-order valence-corrected chi connectivity index (χ2v) is 8.17. The Kier molecular flexibility index (Phi) is 4.72. The van der Waals surface area contributed by atoms with Crippen LogP contribution < -0.4 is 10.5 Å². The van der Waals surface area contributed by atoms with Crippen LogP contribution in [0.25, 0.3) is 11.1 Å². The first-order valence-electron chi connectivity index (χ1n) is 7.00. The van der Waals surface area contributed by atoms with Gasteiger partial charge in [0.1, 0.15) is 5.76 Å². The van der Waals surface area contributed by atoms with Crippen LogP contribution in [-0.2, 0) is 0 Å². The summed E-state index contributed by atoms with van der Waals surface area (Å²) in [6.45, 7) is 1.73. The number of hydrogen-bond acceptors (Lipinski definition) is 6. The average Bonchev–Trinajstić information content (AvgIpc) is 2.94. The smallest absolute Gasteiger partial charge is 0.187 e. The zero-order chi connectivity index (χ0) is 17.3. The van der Waals surface area contributed by atoms with Crippen molar-refractivity contribution in [1.29, 1.82) is 0 Å². The first-order chi connectivity index (χ1) is 11.3. The molecule has 0 bridgehead atoms. The van der Waals surface area contributed by atoms with Crippen LogP contribution >= 0.6 is 33.4 Å². The minimum atomic E-state index is -3.21. The Morgan fingerprint density at radius 1 is 1.08 bits per heavy atom. The summed E-state index contributed by atoms with van der Waals surface area (Å²) in [5.74, 6) is 0.866. The average molecular weight is 457 g/mol. The quantitative estimate of drug-likeness (QED) is 0.326. The predicted molar refractivity (Wildman–Crippen MR) is 105 cm³/mol. The fourth-order valence-electron chi connectivity index (χ4n) is 2.16. The molecule has 0 atom stereocenters. The number of halogens is 1. The van der Waals surface area contributed by atoms with E-state index < -0.39 is 10.8 Å². The van der Waals surface area contributed by atoms with Crippen molar-refractivity contribution in [3.05, 3.63) is 57.9 Å². The number of nitrogen functional groups attached to an aromatic ring is 1. The summed E-state index contributed by atoms with van der Waals surface area (Å²) in [5.41, 5.74) is 8.54. The lowest BCUT2D eigenvalue weighted by Crippen LogP contribution is -2.09. The predicted octanol–water partition coefficient (Wildman–Crippen LogP) is 4.97. The first kappa shape index (κ1) is 17.1. The molecule has 0 fully saturated rings. The highest BCUT2D eigenvalue weighted by Crippen LogP contribution is 2.47. The molecule has 6 nitrogen and oxygen atoms in total. The van der Waals surface area contributed by atoms with E-state index in [1.165, 1.54) is 0 Å². The minimum Gasteiger partial charge on any atom is -0.398 e. The molecule has 0 aliphatic heterocycles. The van der Waals surface area contributed by atoms with Crippen molar-refractivity contribution in [2.45, 2.75) is 11.8 Å². The molecule has 0 unspecified atom stereocenters. The number of nitrogens with zero attached hydrogens (tertiary/aromatic N) is 1. The second-order valence-electron chi connectivity index (χ2n) is 5.23. The summed E-state index contributed by atoms with van der Waals surface area (Å²) in [5, 5.41) is 3.71. The number of anilines is 2. The van der Waals surface area contributed by atoms with Crippen molar-refractivity contribution in [3.8, 4) is 11.1 Å². The third kappa shape index (κ3) is 3.66. The fourth-order valence-corrected chi connectivity index (χ4v) is 3.70. The third-order valence-electron chi connectivity index (χ3n) is 3.39. The molecule has 0 aliphatic carbocycles. The van der Waals surface area contributed by atoms with Gasteiger partial charge in [0, 0.05) is 15.3 Å².